The van der Waals surface area contributed by atoms with Crippen LogP contribution in [0.1, 0.15) is 20.8 Å². The van der Waals surface area contributed by atoms with Crippen LogP contribution in [-0.2, 0) is 14.8 Å². The maximum absolute atomic E-state index is 13.1. The lowest BCUT2D eigenvalue weighted by Gasteiger charge is -2.25. The molecule has 0 saturated carbocycles. The van der Waals surface area contributed by atoms with Crippen LogP contribution in [0.4, 0.5) is 5.69 Å². The number of carbonyl (C=O) groups is 1. The summed E-state index contributed by atoms with van der Waals surface area (Å²) in [7, 11) is -3.89. The van der Waals surface area contributed by atoms with Gasteiger partial charge in [0.25, 0.3) is 10.0 Å². The van der Waals surface area contributed by atoms with E-state index in [0.717, 1.165) is 4.31 Å². The van der Waals surface area contributed by atoms with Crippen LogP contribution in [0.5, 0.6) is 0 Å². The normalized spacial score (nSPS) is 12.7. The highest BCUT2D eigenvalue weighted by atomic mass is 35.5. The molecule has 0 heterocycles. The van der Waals surface area contributed by atoms with Gasteiger partial charge in [0.1, 0.15) is 6.54 Å². The number of nitrogens with zero attached hydrogens (tertiary/aromatic N) is 1. The van der Waals surface area contributed by atoms with E-state index in [1.165, 1.54) is 12.1 Å². The summed E-state index contributed by atoms with van der Waals surface area (Å²) in [4.78, 5) is 12.6. The van der Waals surface area contributed by atoms with E-state index in [0.29, 0.717) is 10.7 Å². The molecule has 0 saturated heterocycles. The minimum absolute atomic E-state index is 0.0611. The molecule has 26 heavy (non-hydrogen) atoms. The first-order valence-electron chi connectivity index (χ1n) is 8.34. The fourth-order valence-corrected chi connectivity index (χ4v) is 3.81. The van der Waals surface area contributed by atoms with Gasteiger partial charge in [-0.15, -0.1) is 0 Å². The van der Waals surface area contributed by atoms with Crippen LogP contribution in [0.15, 0.2) is 59.5 Å². The number of amides is 1. The molecule has 0 bridgehead atoms. The summed E-state index contributed by atoms with van der Waals surface area (Å²) in [5.41, 5.74) is 0.380. The highest BCUT2D eigenvalue weighted by Gasteiger charge is 2.27. The number of rotatable bonds is 7. The molecule has 140 valence electrons. The third-order valence-electron chi connectivity index (χ3n) is 4.12. The molecule has 0 aliphatic carbocycles. The maximum Gasteiger partial charge on any atom is 0.264 e. The lowest BCUT2D eigenvalue weighted by atomic mass is 10.1. The van der Waals surface area contributed by atoms with Crippen molar-refractivity contribution in [2.24, 2.45) is 5.92 Å². The fraction of sp³-hybridized carbons (Fsp3) is 0.316. The second kappa shape index (κ2) is 8.56. The van der Waals surface area contributed by atoms with E-state index in [4.69, 9.17) is 11.6 Å². The van der Waals surface area contributed by atoms with E-state index < -0.39 is 10.0 Å². The minimum atomic E-state index is -3.89. The Morgan fingerprint density at radius 3 is 2.15 bits per heavy atom. The first kappa shape index (κ1) is 20.3. The standard InChI is InChI=1S/C19H23ClN2O3S/c1-14(2)15(3)21-19(23)13-22(17-11-9-16(20)10-12-17)26(24,25)18-7-5-4-6-8-18/h4-12,14-15H,13H2,1-3H3,(H,21,23). The highest BCUT2D eigenvalue weighted by molar-refractivity contribution is 7.92. The van der Waals surface area contributed by atoms with Crippen molar-refractivity contribution in [1.82, 2.24) is 5.32 Å². The molecule has 0 fully saturated rings. The quantitative estimate of drug-likeness (QED) is 0.778. The van der Waals surface area contributed by atoms with Gasteiger partial charge in [0.15, 0.2) is 0 Å². The first-order chi connectivity index (χ1) is 12.2. The van der Waals surface area contributed by atoms with Gasteiger partial charge in [-0.1, -0.05) is 43.6 Å². The Bertz CT molecular complexity index is 837. The molecular formula is C19H23ClN2O3S. The van der Waals surface area contributed by atoms with E-state index in [9.17, 15) is 13.2 Å². The number of halogens is 1. The Kier molecular flexibility index (Phi) is 6.67. The monoisotopic (exact) mass is 394 g/mol. The smallest absolute Gasteiger partial charge is 0.264 e. The summed E-state index contributed by atoms with van der Waals surface area (Å²) < 4.78 is 27.3. The van der Waals surface area contributed by atoms with Crippen molar-refractivity contribution < 1.29 is 13.2 Å². The predicted molar refractivity (Wildman–Crippen MR) is 105 cm³/mol. The van der Waals surface area contributed by atoms with E-state index in [1.54, 1.807) is 42.5 Å². The molecule has 0 spiro atoms. The Morgan fingerprint density at radius 2 is 1.62 bits per heavy atom. The van der Waals surface area contributed by atoms with E-state index in [1.807, 2.05) is 20.8 Å². The van der Waals surface area contributed by atoms with Crippen molar-refractivity contribution in [1.29, 1.82) is 0 Å². The van der Waals surface area contributed by atoms with Crippen molar-refractivity contribution in [3.63, 3.8) is 0 Å². The van der Waals surface area contributed by atoms with Crippen LogP contribution >= 0.6 is 11.6 Å². The van der Waals surface area contributed by atoms with Crippen LogP contribution in [0, 0.1) is 5.92 Å². The molecule has 1 amide bonds. The van der Waals surface area contributed by atoms with Gasteiger partial charge in [-0.25, -0.2) is 8.42 Å². The average Bonchev–Trinajstić information content (AvgIpc) is 2.61. The van der Waals surface area contributed by atoms with Crippen molar-refractivity contribution in [3.05, 3.63) is 59.6 Å². The van der Waals surface area contributed by atoms with E-state index >= 15 is 0 Å². The largest absolute Gasteiger partial charge is 0.352 e. The van der Waals surface area contributed by atoms with Gasteiger partial charge in [0.2, 0.25) is 5.91 Å². The summed E-state index contributed by atoms with van der Waals surface area (Å²) in [5, 5.41) is 3.33. The highest BCUT2D eigenvalue weighted by Crippen LogP contribution is 2.25. The van der Waals surface area contributed by atoms with Crippen LogP contribution < -0.4 is 9.62 Å². The lowest BCUT2D eigenvalue weighted by molar-refractivity contribution is -0.120. The van der Waals surface area contributed by atoms with Gasteiger partial charge in [0, 0.05) is 11.1 Å². The number of nitrogens with one attached hydrogen (secondary N) is 1. The number of hydrogen-bond acceptors (Lipinski definition) is 3. The van der Waals surface area contributed by atoms with E-state index in [2.05, 4.69) is 5.32 Å². The lowest BCUT2D eigenvalue weighted by Crippen LogP contribution is -2.44. The van der Waals surface area contributed by atoms with E-state index in [-0.39, 0.29) is 29.3 Å². The van der Waals surface area contributed by atoms with Gasteiger partial charge in [-0.2, -0.15) is 0 Å². The molecule has 0 aliphatic rings. The van der Waals surface area contributed by atoms with Crippen molar-refractivity contribution in [3.8, 4) is 0 Å². The summed E-state index contributed by atoms with van der Waals surface area (Å²) in [6.07, 6.45) is 0. The topological polar surface area (TPSA) is 66.5 Å². The third kappa shape index (κ3) is 4.99. The number of anilines is 1. The summed E-state index contributed by atoms with van der Waals surface area (Å²) in [6, 6.07) is 14.3. The SMILES string of the molecule is CC(C)C(C)NC(=O)CN(c1ccc(Cl)cc1)S(=O)(=O)c1ccccc1. The first-order valence-corrected chi connectivity index (χ1v) is 10.2. The van der Waals surface area contributed by atoms with Crippen LogP contribution in [-0.4, -0.2) is 26.9 Å². The van der Waals surface area contributed by atoms with Crippen LogP contribution in [0.2, 0.25) is 5.02 Å². The predicted octanol–water partition coefficient (Wildman–Crippen LogP) is 3.70. The zero-order valence-electron chi connectivity index (χ0n) is 15.0. The van der Waals surface area contributed by atoms with Gasteiger partial charge < -0.3 is 5.32 Å². The molecule has 7 heteroatoms. The van der Waals surface area contributed by atoms with Crippen LogP contribution in [0.3, 0.4) is 0 Å². The number of carbonyl (C=O) groups excluding carboxylic acids is 1. The van der Waals surface area contributed by atoms with Crippen LogP contribution in [0.25, 0.3) is 0 Å². The summed E-state index contributed by atoms with van der Waals surface area (Å²) in [5.74, 6) is -0.116. The fourth-order valence-electron chi connectivity index (χ4n) is 2.24. The number of benzene rings is 2. The van der Waals surface area contributed by atoms with Crippen molar-refractivity contribution >= 4 is 33.2 Å². The van der Waals surface area contributed by atoms with Crippen molar-refractivity contribution in [2.75, 3.05) is 10.8 Å². The molecule has 0 aromatic heterocycles. The summed E-state index contributed by atoms with van der Waals surface area (Å²) >= 11 is 5.91. The van der Waals surface area contributed by atoms with Gasteiger partial charge in [-0.3, -0.25) is 9.10 Å². The van der Waals surface area contributed by atoms with Gasteiger partial charge in [-0.05, 0) is 49.2 Å². The molecule has 5 nitrogen and oxygen atoms in total. The zero-order chi connectivity index (χ0) is 19.3. The molecule has 2 aromatic rings. The van der Waals surface area contributed by atoms with Crippen molar-refractivity contribution in [2.45, 2.75) is 31.7 Å². The second-order valence-corrected chi connectivity index (χ2v) is 8.70. The summed E-state index contributed by atoms with van der Waals surface area (Å²) in [6.45, 7) is 5.56. The molecule has 1 N–H and O–H groups in total. The average molecular weight is 395 g/mol. The van der Waals surface area contributed by atoms with Gasteiger partial charge in [0.05, 0.1) is 10.6 Å². The number of hydrogen-bond donors (Lipinski definition) is 1. The molecular weight excluding hydrogens is 372 g/mol. The molecule has 1 unspecified atom stereocenters. The Labute approximate surface area is 160 Å². The second-order valence-electron chi connectivity index (χ2n) is 6.40. The zero-order valence-corrected chi connectivity index (χ0v) is 16.6. The molecule has 2 rings (SSSR count). The Morgan fingerprint density at radius 1 is 1.04 bits per heavy atom. The number of sulfonamides is 1. The molecule has 1 atom stereocenters. The third-order valence-corrected chi connectivity index (χ3v) is 6.16. The minimum Gasteiger partial charge on any atom is -0.352 e. The molecule has 0 radical (unpaired) electrons. The van der Waals surface area contributed by atoms with Gasteiger partial charge >= 0.3 is 0 Å². The molecule has 0 aliphatic heterocycles. The Hall–Kier alpha value is -2.05. The Balaban J connectivity index is 2.37. The molecule has 2 aromatic carbocycles. The maximum atomic E-state index is 13.1.